The molecule has 0 bridgehead atoms. The lowest BCUT2D eigenvalue weighted by molar-refractivity contribution is 0.0887. The van der Waals surface area contributed by atoms with Gasteiger partial charge in [-0.1, -0.05) is 28.1 Å². The average molecular weight is 426 g/mol. The normalized spacial score (nSPS) is 24.5. The summed E-state index contributed by atoms with van der Waals surface area (Å²) in [5, 5.41) is 3.31. The summed E-state index contributed by atoms with van der Waals surface area (Å²) >= 11 is 3.43. The highest BCUT2D eigenvalue weighted by Gasteiger charge is 2.41. The molecule has 2 aromatic rings. The molecule has 1 heterocycles. The zero-order chi connectivity index (χ0) is 17.9. The Balaban J connectivity index is 1.93. The van der Waals surface area contributed by atoms with Gasteiger partial charge in [-0.15, -0.1) is 0 Å². The summed E-state index contributed by atoms with van der Waals surface area (Å²) in [6, 6.07) is 15.1. The Morgan fingerprint density at radius 2 is 1.88 bits per heavy atom. The molecule has 1 aliphatic rings. The Morgan fingerprint density at radius 1 is 1.20 bits per heavy atom. The summed E-state index contributed by atoms with van der Waals surface area (Å²) in [5.74, 6) is 0.174. The second-order valence-corrected chi connectivity index (χ2v) is 8.89. The van der Waals surface area contributed by atoms with Crippen molar-refractivity contribution in [1.29, 1.82) is 0 Å². The molecule has 3 unspecified atom stereocenters. The first kappa shape index (κ1) is 18.5. The van der Waals surface area contributed by atoms with Gasteiger partial charge in [0.05, 0.1) is 19.8 Å². The van der Waals surface area contributed by atoms with Crippen LogP contribution in [-0.4, -0.2) is 19.8 Å². The van der Waals surface area contributed by atoms with Gasteiger partial charge in [0.25, 0.3) is 0 Å². The summed E-state index contributed by atoms with van der Waals surface area (Å²) in [4.78, 5) is 0. The van der Waals surface area contributed by atoms with Crippen LogP contribution in [0.4, 0.5) is 5.69 Å². The van der Waals surface area contributed by atoms with E-state index in [-0.39, 0.29) is 6.10 Å². The number of hydrogen-bond donors (Lipinski definition) is 1. The van der Waals surface area contributed by atoms with Crippen LogP contribution < -0.4 is 10.1 Å². The molecule has 7 heteroatoms. The van der Waals surface area contributed by atoms with E-state index in [1.807, 2.05) is 55.5 Å². The molecule has 2 aromatic carbocycles. The average Bonchev–Trinajstić information content (AvgIpc) is 2.61. The quantitative estimate of drug-likeness (QED) is 0.632. The van der Waals surface area contributed by atoms with Crippen molar-refractivity contribution in [3.63, 3.8) is 0 Å². The molecule has 0 aliphatic carbocycles. The van der Waals surface area contributed by atoms with Crippen LogP contribution in [0, 0.1) is 0 Å². The molecule has 0 radical (unpaired) electrons. The second kappa shape index (κ2) is 7.92. The Kier molecular flexibility index (Phi) is 5.85. The Hall–Kier alpha value is -1.33. The smallest absolute Gasteiger partial charge is 0.357 e. The SMILES string of the molecule is COc1ccc(NC(c2ccc(Br)cc2)P2(=O)OCCC(C)O2)cc1. The Morgan fingerprint density at radius 3 is 2.48 bits per heavy atom. The zero-order valence-corrected chi connectivity index (χ0v) is 16.6. The maximum absolute atomic E-state index is 13.4. The third kappa shape index (κ3) is 4.45. The van der Waals surface area contributed by atoms with Crippen LogP contribution in [0.1, 0.15) is 24.7 Å². The molecule has 25 heavy (non-hydrogen) atoms. The Bertz CT molecular complexity index is 751. The van der Waals surface area contributed by atoms with Crippen molar-refractivity contribution < 1.29 is 18.3 Å². The van der Waals surface area contributed by atoms with Crippen molar-refractivity contribution in [1.82, 2.24) is 0 Å². The van der Waals surface area contributed by atoms with Gasteiger partial charge in [-0.05, 0) is 55.3 Å². The van der Waals surface area contributed by atoms with Gasteiger partial charge in [0.2, 0.25) is 0 Å². The van der Waals surface area contributed by atoms with E-state index in [0.29, 0.717) is 6.61 Å². The highest BCUT2D eigenvalue weighted by Crippen LogP contribution is 2.63. The van der Waals surface area contributed by atoms with Gasteiger partial charge in [0.15, 0.2) is 5.78 Å². The summed E-state index contributed by atoms with van der Waals surface area (Å²) in [7, 11) is -1.74. The minimum Gasteiger partial charge on any atom is -0.497 e. The van der Waals surface area contributed by atoms with Crippen LogP contribution in [0.2, 0.25) is 0 Å². The number of methoxy groups -OCH3 is 1. The lowest BCUT2D eigenvalue weighted by Crippen LogP contribution is -2.23. The highest BCUT2D eigenvalue weighted by molar-refractivity contribution is 9.10. The molecule has 0 aromatic heterocycles. The molecule has 5 nitrogen and oxygen atoms in total. The van der Waals surface area contributed by atoms with E-state index in [1.165, 1.54) is 0 Å². The van der Waals surface area contributed by atoms with Gasteiger partial charge in [-0.3, -0.25) is 4.57 Å². The first-order valence-corrected chi connectivity index (χ1v) is 10.5. The molecule has 0 amide bonds. The molecule has 0 saturated carbocycles. The van der Waals surface area contributed by atoms with Crippen LogP contribution in [-0.2, 0) is 13.6 Å². The van der Waals surface area contributed by atoms with Crippen LogP contribution >= 0.6 is 23.5 Å². The molecule has 3 atom stereocenters. The minimum absolute atomic E-state index is 0.102. The maximum atomic E-state index is 13.4. The fourth-order valence-corrected chi connectivity index (χ4v) is 5.06. The molecular formula is C18H21BrNO4P. The van der Waals surface area contributed by atoms with Gasteiger partial charge in [-0.25, -0.2) is 0 Å². The van der Waals surface area contributed by atoms with Crippen molar-refractivity contribution >= 4 is 29.2 Å². The minimum atomic E-state index is -3.36. The van der Waals surface area contributed by atoms with E-state index in [0.717, 1.165) is 27.9 Å². The van der Waals surface area contributed by atoms with Gasteiger partial charge in [0, 0.05) is 10.2 Å². The Labute approximate surface area is 156 Å². The first-order valence-electron chi connectivity index (χ1n) is 8.09. The van der Waals surface area contributed by atoms with Crippen molar-refractivity contribution in [2.75, 3.05) is 19.0 Å². The molecule has 1 saturated heterocycles. The summed E-state index contributed by atoms with van der Waals surface area (Å²) in [6.07, 6.45) is 0.634. The number of ether oxygens (including phenoxy) is 1. The topological polar surface area (TPSA) is 56.8 Å². The van der Waals surface area contributed by atoms with Crippen molar-refractivity contribution in [2.24, 2.45) is 0 Å². The second-order valence-electron chi connectivity index (χ2n) is 5.90. The van der Waals surface area contributed by atoms with Crippen molar-refractivity contribution in [2.45, 2.75) is 25.2 Å². The van der Waals surface area contributed by atoms with E-state index < -0.39 is 13.4 Å². The fraction of sp³-hybridized carbons (Fsp3) is 0.333. The fourth-order valence-electron chi connectivity index (χ4n) is 2.65. The number of halogens is 1. The molecule has 134 valence electrons. The number of rotatable bonds is 5. The van der Waals surface area contributed by atoms with Gasteiger partial charge in [0.1, 0.15) is 5.75 Å². The third-order valence-electron chi connectivity index (χ3n) is 4.02. The summed E-state index contributed by atoms with van der Waals surface area (Å²) in [6.45, 7) is 2.34. The molecular weight excluding hydrogens is 405 g/mol. The highest BCUT2D eigenvalue weighted by atomic mass is 79.9. The van der Waals surface area contributed by atoms with Crippen LogP contribution in [0.5, 0.6) is 5.75 Å². The van der Waals surface area contributed by atoms with E-state index in [4.69, 9.17) is 13.8 Å². The lowest BCUT2D eigenvalue weighted by Gasteiger charge is -2.34. The standard InChI is InChI=1S/C18H21BrNO4P/c1-13-11-12-23-25(21,24-13)18(14-3-5-15(19)6-4-14)20-16-7-9-17(22-2)10-8-16/h3-10,13,18,20H,11-12H2,1-2H3. The molecule has 1 aliphatic heterocycles. The van der Waals surface area contributed by atoms with Crippen LogP contribution in [0.15, 0.2) is 53.0 Å². The molecule has 1 N–H and O–H groups in total. The largest absolute Gasteiger partial charge is 0.497 e. The first-order chi connectivity index (χ1) is 12.0. The number of benzene rings is 2. The summed E-state index contributed by atoms with van der Waals surface area (Å²) < 4.78 is 31.0. The van der Waals surface area contributed by atoms with Crippen LogP contribution in [0.25, 0.3) is 0 Å². The third-order valence-corrected chi connectivity index (χ3v) is 6.80. The molecule has 1 fully saturated rings. The predicted molar refractivity (Wildman–Crippen MR) is 102 cm³/mol. The number of anilines is 1. The van der Waals surface area contributed by atoms with Crippen molar-refractivity contribution in [3.05, 3.63) is 58.6 Å². The van der Waals surface area contributed by atoms with E-state index in [2.05, 4.69) is 21.2 Å². The zero-order valence-electron chi connectivity index (χ0n) is 14.1. The molecule has 3 rings (SSSR count). The molecule has 0 spiro atoms. The van der Waals surface area contributed by atoms with Crippen molar-refractivity contribution in [3.8, 4) is 5.75 Å². The summed E-state index contributed by atoms with van der Waals surface area (Å²) in [5.41, 5.74) is 1.66. The van der Waals surface area contributed by atoms with E-state index in [9.17, 15) is 4.57 Å². The predicted octanol–water partition coefficient (Wildman–Crippen LogP) is 5.59. The van der Waals surface area contributed by atoms with Gasteiger partial charge in [-0.2, -0.15) is 0 Å². The number of nitrogens with one attached hydrogen (secondary N) is 1. The van der Waals surface area contributed by atoms with Gasteiger partial charge < -0.3 is 19.1 Å². The van der Waals surface area contributed by atoms with E-state index >= 15 is 0 Å². The maximum Gasteiger partial charge on any atom is 0.357 e. The van der Waals surface area contributed by atoms with E-state index in [1.54, 1.807) is 7.11 Å². The number of hydrogen-bond acceptors (Lipinski definition) is 5. The van der Waals surface area contributed by atoms with Gasteiger partial charge >= 0.3 is 7.60 Å². The van der Waals surface area contributed by atoms with Crippen LogP contribution in [0.3, 0.4) is 0 Å². The monoisotopic (exact) mass is 425 g/mol. The lowest BCUT2D eigenvalue weighted by atomic mass is 10.2.